The molecular weight excluding hydrogens is 216 g/mol. The molecule has 1 aromatic rings. The fourth-order valence-electron chi connectivity index (χ4n) is 2.36. The minimum Gasteiger partial charge on any atom is -0.366 e. The summed E-state index contributed by atoms with van der Waals surface area (Å²) in [5.74, 6) is 5.24. The highest BCUT2D eigenvalue weighted by atomic mass is 16.6. The van der Waals surface area contributed by atoms with Gasteiger partial charge in [-0.15, -0.1) is 0 Å². The Balaban J connectivity index is 2.21. The van der Waals surface area contributed by atoms with Gasteiger partial charge in [0.15, 0.2) is 5.78 Å². The Morgan fingerprint density at radius 2 is 2.41 bits per heavy atom. The predicted octanol–water partition coefficient (Wildman–Crippen LogP) is 1.75. The first-order valence-corrected chi connectivity index (χ1v) is 5.91. The SMILES string of the molecule is CC(=O)c1cccc(N2CCCC2CON)c1. The van der Waals surface area contributed by atoms with Gasteiger partial charge in [-0.25, -0.2) is 5.90 Å². The van der Waals surface area contributed by atoms with E-state index in [1.807, 2.05) is 24.3 Å². The average molecular weight is 234 g/mol. The molecule has 2 N–H and O–H groups in total. The number of benzene rings is 1. The summed E-state index contributed by atoms with van der Waals surface area (Å²) in [6, 6.07) is 8.06. The van der Waals surface area contributed by atoms with Crippen LogP contribution in [0.3, 0.4) is 0 Å². The van der Waals surface area contributed by atoms with Gasteiger partial charge >= 0.3 is 0 Å². The van der Waals surface area contributed by atoms with E-state index >= 15 is 0 Å². The Kier molecular flexibility index (Phi) is 3.76. The lowest BCUT2D eigenvalue weighted by Crippen LogP contribution is -2.34. The number of Topliss-reactive ketones (excluding diaryl/α,β-unsaturated/α-hetero) is 1. The van der Waals surface area contributed by atoms with Crippen molar-refractivity contribution in [3.05, 3.63) is 29.8 Å². The third kappa shape index (κ3) is 2.65. The van der Waals surface area contributed by atoms with Crippen LogP contribution in [0, 0.1) is 0 Å². The van der Waals surface area contributed by atoms with Crippen molar-refractivity contribution in [3.8, 4) is 0 Å². The summed E-state index contributed by atoms with van der Waals surface area (Å²) in [5.41, 5.74) is 1.83. The molecule has 0 aliphatic carbocycles. The molecule has 0 saturated carbocycles. The van der Waals surface area contributed by atoms with Gasteiger partial charge in [0, 0.05) is 17.8 Å². The largest absolute Gasteiger partial charge is 0.366 e. The molecule has 1 atom stereocenters. The van der Waals surface area contributed by atoms with E-state index < -0.39 is 0 Å². The van der Waals surface area contributed by atoms with Crippen LogP contribution in [0.2, 0.25) is 0 Å². The Hall–Kier alpha value is -1.39. The van der Waals surface area contributed by atoms with E-state index in [9.17, 15) is 4.79 Å². The normalized spacial score (nSPS) is 19.6. The van der Waals surface area contributed by atoms with E-state index in [1.165, 1.54) is 0 Å². The van der Waals surface area contributed by atoms with E-state index in [-0.39, 0.29) is 5.78 Å². The summed E-state index contributed by atoms with van der Waals surface area (Å²) < 4.78 is 0. The standard InChI is InChI=1S/C13H18N2O2/c1-10(16)11-4-2-5-12(8-11)15-7-3-6-13(15)9-17-14/h2,4-5,8,13H,3,6-7,9,14H2,1H3. The van der Waals surface area contributed by atoms with Crippen molar-refractivity contribution in [2.45, 2.75) is 25.8 Å². The maximum Gasteiger partial charge on any atom is 0.159 e. The number of nitrogens with zero attached hydrogens (tertiary/aromatic N) is 1. The molecule has 0 aromatic heterocycles. The molecule has 2 rings (SSSR count). The van der Waals surface area contributed by atoms with Crippen molar-refractivity contribution >= 4 is 11.5 Å². The molecule has 1 aliphatic heterocycles. The second kappa shape index (κ2) is 5.29. The molecule has 17 heavy (non-hydrogen) atoms. The molecule has 4 nitrogen and oxygen atoms in total. The van der Waals surface area contributed by atoms with Crippen molar-refractivity contribution in [2.24, 2.45) is 5.90 Å². The summed E-state index contributed by atoms with van der Waals surface area (Å²) >= 11 is 0. The quantitative estimate of drug-likeness (QED) is 0.637. The second-order valence-electron chi connectivity index (χ2n) is 4.43. The minimum atomic E-state index is 0.0951. The molecule has 0 spiro atoms. The average Bonchev–Trinajstić information content (AvgIpc) is 2.78. The third-order valence-corrected chi connectivity index (χ3v) is 3.25. The van der Waals surface area contributed by atoms with Crippen LogP contribution in [-0.4, -0.2) is 25.0 Å². The number of nitrogens with two attached hydrogens (primary N) is 1. The molecular formula is C13H18N2O2. The number of rotatable bonds is 4. The van der Waals surface area contributed by atoms with Gasteiger partial charge in [-0.2, -0.15) is 0 Å². The smallest absolute Gasteiger partial charge is 0.159 e. The molecule has 0 amide bonds. The van der Waals surface area contributed by atoms with E-state index in [0.29, 0.717) is 12.6 Å². The zero-order valence-electron chi connectivity index (χ0n) is 10.1. The third-order valence-electron chi connectivity index (χ3n) is 3.25. The number of hydrogen-bond acceptors (Lipinski definition) is 4. The molecule has 4 heteroatoms. The molecule has 0 radical (unpaired) electrons. The predicted molar refractivity (Wildman–Crippen MR) is 67.0 cm³/mol. The Labute approximate surface area is 101 Å². The summed E-state index contributed by atoms with van der Waals surface area (Å²) in [7, 11) is 0. The number of carbonyl (C=O) groups is 1. The molecule has 0 bridgehead atoms. The van der Waals surface area contributed by atoms with Crippen LogP contribution in [-0.2, 0) is 4.84 Å². The fraction of sp³-hybridized carbons (Fsp3) is 0.462. The molecule has 92 valence electrons. The lowest BCUT2D eigenvalue weighted by atomic mass is 10.1. The molecule has 1 aliphatic rings. The molecule has 1 saturated heterocycles. The molecule has 1 fully saturated rings. The minimum absolute atomic E-state index is 0.0951. The first kappa shape index (κ1) is 12.1. The van der Waals surface area contributed by atoms with Gasteiger partial charge in [0.05, 0.1) is 12.6 Å². The van der Waals surface area contributed by atoms with Crippen LogP contribution in [0.25, 0.3) is 0 Å². The van der Waals surface area contributed by atoms with Crippen LogP contribution >= 0.6 is 0 Å². The first-order valence-electron chi connectivity index (χ1n) is 5.91. The van der Waals surface area contributed by atoms with Gasteiger partial charge < -0.3 is 9.74 Å². The highest BCUT2D eigenvalue weighted by Gasteiger charge is 2.24. The van der Waals surface area contributed by atoms with Gasteiger partial charge in [-0.3, -0.25) is 4.79 Å². The second-order valence-corrected chi connectivity index (χ2v) is 4.43. The highest BCUT2D eigenvalue weighted by molar-refractivity contribution is 5.95. The molecule has 1 unspecified atom stereocenters. The monoisotopic (exact) mass is 234 g/mol. The number of ketones is 1. The van der Waals surface area contributed by atoms with Crippen molar-refractivity contribution < 1.29 is 9.63 Å². The van der Waals surface area contributed by atoms with E-state index in [1.54, 1.807) is 6.92 Å². The Morgan fingerprint density at radius 3 is 3.12 bits per heavy atom. The number of anilines is 1. The topological polar surface area (TPSA) is 55.6 Å². The Bertz CT molecular complexity index is 406. The molecule has 1 heterocycles. The highest BCUT2D eigenvalue weighted by Crippen LogP contribution is 2.26. The lowest BCUT2D eigenvalue weighted by Gasteiger charge is -2.26. The summed E-state index contributed by atoms with van der Waals surface area (Å²) in [5, 5.41) is 0. The lowest BCUT2D eigenvalue weighted by molar-refractivity contribution is 0.101. The zero-order valence-corrected chi connectivity index (χ0v) is 10.1. The van der Waals surface area contributed by atoms with Gasteiger partial charge in [0.2, 0.25) is 0 Å². The number of carbonyl (C=O) groups excluding carboxylic acids is 1. The van der Waals surface area contributed by atoms with Gasteiger partial charge in [-0.1, -0.05) is 12.1 Å². The molecule has 1 aromatic carbocycles. The number of hydrogen-bond donors (Lipinski definition) is 1. The maximum absolute atomic E-state index is 11.4. The summed E-state index contributed by atoms with van der Waals surface area (Å²) in [4.78, 5) is 18.4. The van der Waals surface area contributed by atoms with Crippen LogP contribution in [0.4, 0.5) is 5.69 Å². The van der Waals surface area contributed by atoms with E-state index in [2.05, 4.69) is 4.90 Å². The van der Waals surface area contributed by atoms with Crippen molar-refractivity contribution in [1.29, 1.82) is 0 Å². The fourth-order valence-corrected chi connectivity index (χ4v) is 2.36. The van der Waals surface area contributed by atoms with Crippen LogP contribution in [0.15, 0.2) is 24.3 Å². The van der Waals surface area contributed by atoms with E-state index in [4.69, 9.17) is 10.7 Å². The van der Waals surface area contributed by atoms with Crippen molar-refractivity contribution in [1.82, 2.24) is 0 Å². The van der Waals surface area contributed by atoms with Gasteiger partial charge in [0.1, 0.15) is 0 Å². The van der Waals surface area contributed by atoms with Crippen LogP contribution < -0.4 is 10.8 Å². The zero-order chi connectivity index (χ0) is 12.3. The van der Waals surface area contributed by atoms with Gasteiger partial charge in [-0.05, 0) is 31.9 Å². The van der Waals surface area contributed by atoms with Gasteiger partial charge in [0.25, 0.3) is 0 Å². The summed E-state index contributed by atoms with van der Waals surface area (Å²) in [6.45, 7) is 3.11. The summed E-state index contributed by atoms with van der Waals surface area (Å²) in [6.07, 6.45) is 2.22. The van der Waals surface area contributed by atoms with Crippen molar-refractivity contribution in [3.63, 3.8) is 0 Å². The van der Waals surface area contributed by atoms with Crippen LogP contribution in [0.5, 0.6) is 0 Å². The van der Waals surface area contributed by atoms with Crippen molar-refractivity contribution in [2.75, 3.05) is 18.1 Å². The van der Waals surface area contributed by atoms with Crippen LogP contribution in [0.1, 0.15) is 30.1 Å². The first-order chi connectivity index (χ1) is 8.22. The maximum atomic E-state index is 11.4. The van der Waals surface area contributed by atoms with E-state index in [0.717, 1.165) is 30.6 Å². The Morgan fingerprint density at radius 1 is 1.59 bits per heavy atom.